The van der Waals surface area contributed by atoms with Crippen molar-refractivity contribution in [3.05, 3.63) is 29.8 Å². The fourth-order valence-corrected chi connectivity index (χ4v) is 2.13. The molecule has 0 aliphatic heterocycles. The van der Waals surface area contributed by atoms with Crippen LogP contribution >= 0.6 is 0 Å². The molecule has 0 bridgehead atoms. The molecule has 0 saturated carbocycles. The van der Waals surface area contributed by atoms with Crippen molar-refractivity contribution in [2.24, 2.45) is 5.92 Å². The van der Waals surface area contributed by atoms with E-state index in [2.05, 4.69) is 10.1 Å². The molecule has 0 spiro atoms. The molecule has 2 rings (SSSR count). The highest BCUT2D eigenvalue weighted by Gasteiger charge is 2.25. The number of aryl methyl sites for hydroxylation is 1. The minimum absolute atomic E-state index is 0.303. The van der Waals surface area contributed by atoms with Crippen molar-refractivity contribution in [3.8, 4) is 0 Å². The monoisotopic (exact) mass is 247 g/mol. The summed E-state index contributed by atoms with van der Waals surface area (Å²) in [4.78, 5) is 15.7. The average molecular weight is 247 g/mol. The first kappa shape index (κ1) is 12.5. The number of carboxylic acid groups (broad SMARTS) is 1. The highest BCUT2D eigenvalue weighted by atomic mass is 16.4. The van der Waals surface area contributed by atoms with Gasteiger partial charge in [-0.3, -0.25) is 9.78 Å². The maximum atomic E-state index is 11.4. The lowest BCUT2D eigenvalue weighted by atomic mass is 9.93. The molecule has 5 nitrogen and oxygen atoms in total. The predicted octanol–water partition coefficient (Wildman–Crippen LogP) is 2.25. The molecule has 2 aromatic heterocycles. The van der Waals surface area contributed by atoms with Crippen molar-refractivity contribution in [1.29, 1.82) is 0 Å². The topological polar surface area (TPSA) is 67.5 Å². The van der Waals surface area contributed by atoms with Crippen LogP contribution in [0.25, 0.3) is 5.52 Å². The van der Waals surface area contributed by atoms with Crippen LogP contribution in [0, 0.1) is 12.8 Å². The molecule has 0 aromatic carbocycles. The van der Waals surface area contributed by atoms with Gasteiger partial charge < -0.3 is 5.11 Å². The van der Waals surface area contributed by atoms with Crippen molar-refractivity contribution in [2.45, 2.75) is 33.1 Å². The molecule has 0 aliphatic rings. The molecule has 0 amide bonds. The van der Waals surface area contributed by atoms with Gasteiger partial charge in [0.05, 0.1) is 16.9 Å². The number of aliphatic carboxylic acids is 1. The molecular weight excluding hydrogens is 230 g/mol. The fourth-order valence-electron chi connectivity index (χ4n) is 2.13. The fraction of sp³-hybridized carbons (Fsp3) is 0.462. The molecule has 2 heterocycles. The number of hydrogen-bond donors (Lipinski definition) is 1. The number of aromatic nitrogens is 3. The summed E-state index contributed by atoms with van der Waals surface area (Å²) in [7, 11) is 0. The van der Waals surface area contributed by atoms with Crippen LogP contribution in [-0.2, 0) is 4.79 Å². The summed E-state index contributed by atoms with van der Waals surface area (Å²) in [6.45, 7) is 5.91. The van der Waals surface area contributed by atoms with E-state index in [-0.39, 0.29) is 0 Å². The summed E-state index contributed by atoms with van der Waals surface area (Å²) in [5.41, 5.74) is 2.24. The van der Waals surface area contributed by atoms with Gasteiger partial charge in [0, 0.05) is 12.4 Å². The van der Waals surface area contributed by atoms with Gasteiger partial charge in [0.1, 0.15) is 5.92 Å². The second-order valence-corrected chi connectivity index (χ2v) is 4.95. The van der Waals surface area contributed by atoms with Gasteiger partial charge in [-0.1, -0.05) is 13.8 Å². The van der Waals surface area contributed by atoms with Gasteiger partial charge in [-0.15, -0.1) is 0 Å². The van der Waals surface area contributed by atoms with Crippen LogP contribution in [0.4, 0.5) is 0 Å². The van der Waals surface area contributed by atoms with E-state index in [0.717, 1.165) is 11.2 Å². The smallest absolute Gasteiger partial charge is 0.312 e. The van der Waals surface area contributed by atoms with Crippen LogP contribution in [-0.4, -0.2) is 25.7 Å². The second-order valence-electron chi connectivity index (χ2n) is 4.95. The number of nitrogens with zero attached hydrogens (tertiary/aromatic N) is 3. The molecule has 0 aliphatic carbocycles. The summed E-state index contributed by atoms with van der Waals surface area (Å²) in [6.07, 6.45) is 3.91. The molecule has 1 N–H and O–H groups in total. The van der Waals surface area contributed by atoms with Crippen LogP contribution in [0.5, 0.6) is 0 Å². The SMILES string of the molecule is Cc1cc2c(C(CC(C)C)C(=O)O)nccn2n1. The summed E-state index contributed by atoms with van der Waals surface area (Å²) in [6, 6.07) is 1.87. The van der Waals surface area contributed by atoms with Crippen LogP contribution in [0.3, 0.4) is 0 Å². The first-order valence-corrected chi connectivity index (χ1v) is 6.02. The molecule has 2 aromatic rings. The second kappa shape index (κ2) is 4.76. The molecule has 96 valence electrons. The molecule has 0 saturated heterocycles. The zero-order chi connectivity index (χ0) is 13.3. The normalized spacial score (nSPS) is 13.1. The Morgan fingerprint density at radius 3 is 2.83 bits per heavy atom. The molecule has 5 heteroatoms. The first-order chi connectivity index (χ1) is 8.49. The third-order valence-electron chi connectivity index (χ3n) is 2.88. The third kappa shape index (κ3) is 2.34. The van der Waals surface area contributed by atoms with Gasteiger partial charge in [0.15, 0.2) is 0 Å². The Labute approximate surface area is 105 Å². The molecule has 0 fully saturated rings. The summed E-state index contributed by atoms with van der Waals surface area (Å²) in [5.74, 6) is -1.11. The van der Waals surface area contributed by atoms with E-state index in [9.17, 15) is 9.90 Å². The lowest BCUT2D eigenvalue weighted by molar-refractivity contribution is -0.139. The Balaban J connectivity index is 2.53. The number of hydrogen-bond acceptors (Lipinski definition) is 3. The number of rotatable bonds is 4. The van der Waals surface area contributed by atoms with Gasteiger partial charge in [-0.05, 0) is 25.3 Å². The maximum absolute atomic E-state index is 11.4. The lowest BCUT2D eigenvalue weighted by Crippen LogP contribution is -2.16. The maximum Gasteiger partial charge on any atom is 0.312 e. The van der Waals surface area contributed by atoms with Crippen LogP contribution in [0.2, 0.25) is 0 Å². The molecular formula is C13H17N3O2. The van der Waals surface area contributed by atoms with Crippen molar-refractivity contribution < 1.29 is 9.90 Å². The Bertz CT molecular complexity index is 575. The van der Waals surface area contributed by atoms with E-state index in [0.29, 0.717) is 18.0 Å². The quantitative estimate of drug-likeness (QED) is 0.899. The first-order valence-electron chi connectivity index (χ1n) is 6.02. The summed E-state index contributed by atoms with van der Waals surface area (Å²) < 4.78 is 1.69. The van der Waals surface area contributed by atoms with Crippen molar-refractivity contribution >= 4 is 11.5 Å². The van der Waals surface area contributed by atoms with Crippen LogP contribution in [0.15, 0.2) is 18.5 Å². The van der Waals surface area contributed by atoms with E-state index in [1.165, 1.54) is 0 Å². The van der Waals surface area contributed by atoms with E-state index >= 15 is 0 Å². The highest BCUT2D eigenvalue weighted by Crippen LogP contribution is 2.26. The minimum atomic E-state index is -0.830. The Kier molecular flexibility index (Phi) is 3.32. The third-order valence-corrected chi connectivity index (χ3v) is 2.88. The van der Waals surface area contributed by atoms with Crippen molar-refractivity contribution in [2.75, 3.05) is 0 Å². The lowest BCUT2D eigenvalue weighted by Gasteiger charge is -2.14. The van der Waals surface area contributed by atoms with Gasteiger partial charge in [-0.25, -0.2) is 4.52 Å². The average Bonchev–Trinajstić information content (AvgIpc) is 2.65. The van der Waals surface area contributed by atoms with Crippen LogP contribution < -0.4 is 0 Å². The molecule has 1 atom stereocenters. The van der Waals surface area contributed by atoms with Crippen molar-refractivity contribution in [1.82, 2.24) is 14.6 Å². The van der Waals surface area contributed by atoms with Gasteiger partial charge in [0.2, 0.25) is 0 Å². The Morgan fingerprint density at radius 1 is 1.50 bits per heavy atom. The zero-order valence-electron chi connectivity index (χ0n) is 10.8. The Hall–Kier alpha value is -1.91. The predicted molar refractivity (Wildman–Crippen MR) is 67.6 cm³/mol. The highest BCUT2D eigenvalue weighted by molar-refractivity contribution is 5.78. The standard InChI is InChI=1S/C13H17N3O2/c1-8(2)6-10(13(17)18)12-11-7-9(3)15-16(11)5-4-14-12/h4-5,7-8,10H,6H2,1-3H3,(H,17,18). The van der Waals surface area contributed by atoms with E-state index in [1.807, 2.05) is 26.8 Å². The molecule has 1 unspecified atom stereocenters. The van der Waals surface area contributed by atoms with Gasteiger partial charge >= 0.3 is 5.97 Å². The minimum Gasteiger partial charge on any atom is -0.481 e. The molecule has 0 radical (unpaired) electrons. The summed E-state index contributed by atoms with van der Waals surface area (Å²) in [5, 5.41) is 13.7. The van der Waals surface area contributed by atoms with Gasteiger partial charge in [-0.2, -0.15) is 5.10 Å². The largest absolute Gasteiger partial charge is 0.481 e. The number of carboxylic acids is 1. The number of fused-ring (bicyclic) bond motifs is 1. The van der Waals surface area contributed by atoms with Crippen molar-refractivity contribution in [3.63, 3.8) is 0 Å². The van der Waals surface area contributed by atoms with E-state index in [4.69, 9.17) is 0 Å². The Morgan fingerprint density at radius 2 is 2.22 bits per heavy atom. The van der Waals surface area contributed by atoms with Crippen LogP contribution in [0.1, 0.15) is 37.6 Å². The van der Waals surface area contributed by atoms with E-state index in [1.54, 1.807) is 16.9 Å². The van der Waals surface area contributed by atoms with E-state index < -0.39 is 11.9 Å². The van der Waals surface area contributed by atoms with Gasteiger partial charge in [0.25, 0.3) is 0 Å². The number of carbonyl (C=O) groups is 1. The zero-order valence-corrected chi connectivity index (χ0v) is 10.8. The summed E-state index contributed by atoms with van der Waals surface area (Å²) >= 11 is 0. The molecule has 18 heavy (non-hydrogen) atoms.